The number of amides is 3. The fourth-order valence-electron chi connectivity index (χ4n) is 4.99. The van der Waals surface area contributed by atoms with Gasteiger partial charge in [-0.3, -0.25) is 9.59 Å². The van der Waals surface area contributed by atoms with Gasteiger partial charge in [0.15, 0.2) is 0 Å². The zero-order valence-electron chi connectivity index (χ0n) is 29.4. The Bertz CT molecular complexity index is 1290. The number of nitrogens with zero attached hydrogens (tertiary/aromatic N) is 1. The number of benzene rings is 2. The van der Waals surface area contributed by atoms with E-state index in [9.17, 15) is 19.2 Å². The number of hydrogen-bond acceptors (Lipinski definition) is 7. The van der Waals surface area contributed by atoms with E-state index in [2.05, 4.69) is 30.2 Å². The van der Waals surface area contributed by atoms with E-state index in [1.165, 1.54) is 4.90 Å². The molecule has 0 spiro atoms. The molecule has 0 fully saturated rings. The van der Waals surface area contributed by atoms with Crippen molar-refractivity contribution in [3.05, 3.63) is 71.3 Å². The lowest BCUT2D eigenvalue weighted by Gasteiger charge is -2.35. The summed E-state index contributed by atoms with van der Waals surface area (Å²) >= 11 is 4.39. The zero-order chi connectivity index (χ0) is 35.2. The van der Waals surface area contributed by atoms with Gasteiger partial charge in [0.2, 0.25) is 11.8 Å². The smallest absolute Gasteiger partial charge is 0.408 e. The minimum atomic E-state index is -1.10. The molecular formula is C37H55N3O6S. The van der Waals surface area contributed by atoms with Crippen LogP contribution in [0.15, 0.2) is 54.6 Å². The maximum atomic E-state index is 14.5. The van der Waals surface area contributed by atoms with Crippen molar-refractivity contribution in [2.75, 3.05) is 12.3 Å². The van der Waals surface area contributed by atoms with Crippen molar-refractivity contribution >= 4 is 36.5 Å². The van der Waals surface area contributed by atoms with Crippen molar-refractivity contribution in [2.24, 2.45) is 0 Å². The molecule has 0 aliphatic rings. The van der Waals surface area contributed by atoms with Crippen LogP contribution in [0.5, 0.6) is 0 Å². The highest BCUT2D eigenvalue weighted by atomic mass is 32.1. The van der Waals surface area contributed by atoms with Gasteiger partial charge in [0.25, 0.3) is 0 Å². The lowest BCUT2D eigenvalue weighted by atomic mass is 9.99. The SMILES string of the molecule is CCCCCCN(C(=O)C(CS)NC(=O)OC(C)(C)C)C(C(=O)NC(Cc1ccccc1)C(=O)OC(C)(C)C)c1ccc(CC)cc1. The first-order valence-electron chi connectivity index (χ1n) is 16.6. The second-order valence-electron chi connectivity index (χ2n) is 13.8. The Morgan fingerprint density at radius 1 is 0.766 bits per heavy atom. The topological polar surface area (TPSA) is 114 Å². The van der Waals surface area contributed by atoms with Crippen LogP contribution in [0.3, 0.4) is 0 Å². The fraction of sp³-hybridized carbons (Fsp3) is 0.568. The summed E-state index contributed by atoms with van der Waals surface area (Å²) in [5.74, 6) is -1.59. The van der Waals surface area contributed by atoms with Crippen molar-refractivity contribution in [3.63, 3.8) is 0 Å². The minimum absolute atomic E-state index is 0.0127. The van der Waals surface area contributed by atoms with Gasteiger partial charge in [-0.15, -0.1) is 0 Å². The molecule has 2 N–H and O–H groups in total. The first-order chi connectivity index (χ1) is 22.1. The predicted octanol–water partition coefficient (Wildman–Crippen LogP) is 6.59. The molecule has 47 heavy (non-hydrogen) atoms. The summed E-state index contributed by atoms with van der Waals surface area (Å²) < 4.78 is 11.1. The molecule has 260 valence electrons. The molecule has 9 nitrogen and oxygen atoms in total. The third-order valence-corrected chi connectivity index (χ3v) is 7.63. The van der Waals surface area contributed by atoms with E-state index in [0.29, 0.717) is 12.0 Å². The Labute approximate surface area is 286 Å². The lowest BCUT2D eigenvalue weighted by Crippen LogP contribution is -2.55. The highest BCUT2D eigenvalue weighted by molar-refractivity contribution is 7.80. The van der Waals surface area contributed by atoms with Gasteiger partial charge in [-0.1, -0.05) is 87.7 Å². The number of unbranched alkanes of at least 4 members (excludes halogenated alkanes) is 3. The second kappa shape index (κ2) is 18.7. The summed E-state index contributed by atoms with van der Waals surface area (Å²) in [6, 6.07) is 13.7. The van der Waals surface area contributed by atoms with Gasteiger partial charge in [-0.25, -0.2) is 9.59 Å². The maximum Gasteiger partial charge on any atom is 0.408 e. The third-order valence-electron chi connectivity index (χ3n) is 7.26. The van der Waals surface area contributed by atoms with Crippen LogP contribution in [0.4, 0.5) is 4.79 Å². The quantitative estimate of drug-likeness (QED) is 0.106. The third kappa shape index (κ3) is 14.0. The number of nitrogens with one attached hydrogen (secondary N) is 2. The maximum absolute atomic E-state index is 14.5. The molecule has 0 aliphatic heterocycles. The van der Waals surface area contributed by atoms with Crippen molar-refractivity contribution in [3.8, 4) is 0 Å². The molecule has 10 heteroatoms. The average molecular weight is 670 g/mol. The van der Waals surface area contributed by atoms with Crippen LogP contribution >= 0.6 is 12.6 Å². The van der Waals surface area contributed by atoms with E-state index >= 15 is 0 Å². The molecular weight excluding hydrogens is 614 g/mol. The van der Waals surface area contributed by atoms with E-state index in [1.807, 2.05) is 61.5 Å². The summed E-state index contributed by atoms with van der Waals surface area (Å²) in [5.41, 5.74) is 0.954. The van der Waals surface area contributed by atoms with Crippen LogP contribution in [0, 0.1) is 0 Å². The highest BCUT2D eigenvalue weighted by Crippen LogP contribution is 2.25. The van der Waals surface area contributed by atoms with E-state index in [1.54, 1.807) is 41.5 Å². The summed E-state index contributed by atoms with van der Waals surface area (Å²) in [6.07, 6.45) is 3.70. The monoisotopic (exact) mass is 669 g/mol. The van der Waals surface area contributed by atoms with Gasteiger partial charge >= 0.3 is 12.1 Å². The minimum Gasteiger partial charge on any atom is -0.458 e. The van der Waals surface area contributed by atoms with Crippen molar-refractivity contribution in [1.29, 1.82) is 0 Å². The molecule has 3 atom stereocenters. The first kappa shape index (κ1) is 39.6. The van der Waals surface area contributed by atoms with Gasteiger partial charge < -0.3 is 25.0 Å². The van der Waals surface area contributed by atoms with Crippen LogP contribution in [0.1, 0.15) is 104 Å². The first-order valence-corrected chi connectivity index (χ1v) is 17.3. The number of aryl methyl sites for hydroxylation is 1. The number of ether oxygens (including phenoxy) is 2. The van der Waals surface area contributed by atoms with E-state index in [-0.39, 0.29) is 18.7 Å². The Morgan fingerprint density at radius 2 is 1.38 bits per heavy atom. The Hall–Kier alpha value is -3.53. The van der Waals surface area contributed by atoms with E-state index in [4.69, 9.17) is 9.47 Å². The molecule has 0 saturated heterocycles. The van der Waals surface area contributed by atoms with Crippen LogP contribution in [0.2, 0.25) is 0 Å². The van der Waals surface area contributed by atoms with Crippen LogP contribution < -0.4 is 10.6 Å². The Kier molecular flexibility index (Phi) is 15.8. The van der Waals surface area contributed by atoms with Crippen molar-refractivity contribution in [2.45, 2.75) is 123 Å². The van der Waals surface area contributed by atoms with Crippen molar-refractivity contribution < 1.29 is 28.7 Å². The summed E-state index contributed by atoms with van der Waals surface area (Å²) in [5, 5.41) is 5.59. The Balaban J connectivity index is 2.59. The largest absolute Gasteiger partial charge is 0.458 e. The number of esters is 1. The molecule has 3 unspecified atom stereocenters. The van der Waals surface area contributed by atoms with Crippen LogP contribution in [-0.4, -0.2) is 64.4 Å². The molecule has 0 bridgehead atoms. The number of carbonyl (C=O) groups excluding carboxylic acids is 4. The van der Waals surface area contributed by atoms with Crippen LogP contribution in [-0.2, 0) is 36.7 Å². The fourth-order valence-corrected chi connectivity index (χ4v) is 5.23. The second-order valence-corrected chi connectivity index (χ2v) is 14.1. The van der Waals surface area contributed by atoms with Crippen molar-refractivity contribution in [1.82, 2.24) is 15.5 Å². The molecule has 0 radical (unpaired) electrons. The molecule has 0 heterocycles. The summed E-state index contributed by atoms with van der Waals surface area (Å²) in [6.45, 7) is 14.9. The molecule has 2 aromatic carbocycles. The summed E-state index contributed by atoms with van der Waals surface area (Å²) in [7, 11) is 0. The van der Waals surface area contributed by atoms with Crippen LogP contribution in [0.25, 0.3) is 0 Å². The average Bonchev–Trinajstić information content (AvgIpc) is 2.99. The predicted molar refractivity (Wildman–Crippen MR) is 189 cm³/mol. The number of carbonyl (C=O) groups is 4. The molecule has 3 amide bonds. The van der Waals surface area contributed by atoms with Gasteiger partial charge in [-0.05, 0) is 71.1 Å². The van der Waals surface area contributed by atoms with Gasteiger partial charge in [0.1, 0.15) is 29.3 Å². The van der Waals surface area contributed by atoms with E-state index < -0.39 is 53.2 Å². The Morgan fingerprint density at radius 3 is 1.91 bits per heavy atom. The van der Waals surface area contributed by atoms with Gasteiger partial charge in [0.05, 0.1) is 0 Å². The highest BCUT2D eigenvalue weighted by Gasteiger charge is 2.38. The normalized spacial score (nSPS) is 13.6. The molecule has 0 aromatic heterocycles. The molecule has 0 saturated carbocycles. The number of rotatable bonds is 16. The lowest BCUT2D eigenvalue weighted by molar-refractivity contribution is -0.159. The number of hydrogen-bond donors (Lipinski definition) is 3. The summed E-state index contributed by atoms with van der Waals surface area (Å²) in [4.78, 5) is 56.5. The number of alkyl carbamates (subject to hydrolysis) is 1. The van der Waals surface area contributed by atoms with E-state index in [0.717, 1.165) is 36.8 Å². The zero-order valence-corrected chi connectivity index (χ0v) is 30.3. The molecule has 2 rings (SSSR count). The standard InChI is InChI=1S/C37H55N3O6S/c1-9-11-12-16-23-40(33(42)30(25-47)39-35(44)46-37(6,7)8)31(28-21-19-26(10-2)20-22-28)32(41)38-29(34(43)45-36(3,4)5)24-27-17-14-13-15-18-27/h13-15,17-22,29-31,47H,9-12,16,23-25H2,1-8H3,(H,38,41)(H,39,44). The molecule has 2 aromatic rings. The number of thiol groups is 1. The van der Waals surface area contributed by atoms with Gasteiger partial charge in [0, 0.05) is 18.7 Å². The van der Waals surface area contributed by atoms with Gasteiger partial charge in [-0.2, -0.15) is 12.6 Å². The molecule has 0 aliphatic carbocycles.